The van der Waals surface area contributed by atoms with Gasteiger partial charge in [-0.2, -0.15) is 0 Å². The van der Waals surface area contributed by atoms with Crippen LogP contribution in [0.5, 0.6) is 0 Å². The molecule has 2 heterocycles. The molecule has 0 saturated carbocycles. The van der Waals surface area contributed by atoms with Crippen LogP contribution in [0.1, 0.15) is 83.8 Å². The molecule has 1 saturated heterocycles. The number of halogens is 1. The average molecular weight is 536 g/mol. The predicted molar refractivity (Wildman–Crippen MR) is 121 cm³/mol. The SMILES string of the molecule is CCCCCCCCCCCC(=O)OC[C@H]1O[C@@H](n2cc(I)c(=O)[nH]c2=O)C[C@@H]1O. The fourth-order valence-corrected chi connectivity index (χ4v) is 3.97. The number of H-pyrrole nitrogens is 1. The van der Waals surface area contributed by atoms with Gasteiger partial charge in [0.25, 0.3) is 5.56 Å². The van der Waals surface area contributed by atoms with Gasteiger partial charge in [-0.3, -0.25) is 19.1 Å². The van der Waals surface area contributed by atoms with Crippen molar-refractivity contribution in [1.82, 2.24) is 9.55 Å². The molecule has 0 aliphatic carbocycles. The van der Waals surface area contributed by atoms with Crippen molar-refractivity contribution in [3.8, 4) is 0 Å². The van der Waals surface area contributed by atoms with E-state index < -0.39 is 29.7 Å². The van der Waals surface area contributed by atoms with E-state index in [-0.39, 0.29) is 19.0 Å². The molecule has 0 radical (unpaired) electrons. The molecule has 0 amide bonds. The molecule has 2 N–H and O–H groups in total. The maximum atomic E-state index is 12.0. The van der Waals surface area contributed by atoms with E-state index in [0.29, 0.717) is 9.99 Å². The molecule has 0 aromatic carbocycles. The number of hydrogen-bond donors (Lipinski definition) is 2. The highest BCUT2D eigenvalue weighted by atomic mass is 127. The lowest BCUT2D eigenvalue weighted by molar-refractivity contribution is -0.150. The largest absolute Gasteiger partial charge is 0.463 e. The standard InChI is InChI=1S/C21H33IN2O6/c1-2-3-4-5-6-7-8-9-10-11-19(26)29-14-17-16(25)12-18(30-17)24-13-15(22)20(27)23-21(24)28/h13,16-18,25H,2-12,14H2,1H3,(H,23,27,28)/t16-,17+,18+/m0/s1. The van der Waals surface area contributed by atoms with Crippen molar-refractivity contribution in [2.75, 3.05) is 6.61 Å². The van der Waals surface area contributed by atoms with E-state index in [9.17, 15) is 19.5 Å². The van der Waals surface area contributed by atoms with E-state index in [4.69, 9.17) is 9.47 Å². The maximum absolute atomic E-state index is 12.0. The minimum absolute atomic E-state index is 0.0525. The number of carbonyl (C=O) groups excluding carboxylic acids is 1. The number of esters is 1. The quantitative estimate of drug-likeness (QED) is 0.228. The first-order valence-electron chi connectivity index (χ1n) is 10.9. The van der Waals surface area contributed by atoms with Crippen LogP contribution in [0.3, 0.4) is 0 Å². The number of nitrogens with one attached hydrogen (secondary N) is 1. The van der Waals surface area contributed by atoms with Crippen LogP contribution in [0.4, 0.5) is 0 Å². The summed E-state index contributed by atoms with van der Waals surface area (Å²) in [6.45, 7) is 2.16. The lowest BCUT2D eigenvalue weighted by Crippen LogP contribution is -2.33. The number of ether oxygens (including phenoxy) is 2. The van der Waals surface area contributed by atoms with Gasteiger partial charge >= 0.3 is 11.7 Å². The van der Waals surface area contributed by atoms with E-state index in [1.54, 1.807) is 0 Å². The normalized spacial score (nSPS) is 21.1. The average Bonchev–Trinajstić information content (AvgIpc) is 3.08. The van der Waals surface area contributed by atoms with Crippen molar-refractivity contribution in [3.05, 3.63) is 30.6 Å². The summed E-state index contributed by atoms with van der Waals surface area (Å²) in [5, 5.41) is 10.2. The highest BCUT2D eigenvalue weighted by molar-refractivity contribution is 14.1. The number of aromatic amines is 1. The summed E-state index contributed by atoms with van der Waals surface area (Å²) in [7, 11) is 0. The van der Waals surface area contributed by atoms with Crippen LogP contribution in [-0.2, 0) is 14.3 Å². The molecule has 1 aromatic rings. The monoisotopic (exact) mass is 536 g/mol. The first kappa shape index (κ1) is 25.1. The molecule has 0 bridgehead atoms. The van der Waals surface area contributed by atoms with Crippen molar-refractivity contribution in [1.29, 1.82) is 0 Å². The van der Waals surface area contributed by atoms with Gasteiger partial charge in [-0.25, -0.2) is 4.79 Å². The van der Waals surface area contributed by atoms with Crippen LogP contribution in [0.2, 0.25) is 0 Å². The fraction of sp³-hybridized carbons (Fsp3) is 0.762. The molecule has 30 heavy (non-hydrogen) atoms. The van der Waals surface area contributed by atoms with E-state index in [0.717, 1.165) is 19.3 Å². The topological polar surface area (TPSA) is 111 Å². The van der Waals surface area contributed by atoms with Gasteiger partial charge in [-0.15, -0.1) is 0 Å². The number of aliphatic hydroxyl groups excluding tert-OH is 1. The van der Waals surface area contributed by atoms with E-state index >= 15 is 0 Å². The summed E-state index contributed by atoms with van der Waals surface area (Å²) in [5.74, 6) is -0.298. The number of unbranched alkanes of at least 4 members (excludes halogenated alkanes) is 8. The second-order valence-corrected chi connectivity index (χ2v) is 9.00. The molecule has 0 spiro atoms. The summed E-state index contributed by atoms with van der Waals surface area (Å²) in [5.41, 5.74) is -1.06. The van der Waals surface area contributed by atoms with E-state index in [2.05, 4.69) is 11.9 Å². The molecule has 9 heteroatoms. The minimum atomic E-state index is -0.855. The summed E-state index contributed by atoms with van der Waals surface area (Å²) < 4.78 is 12.5. The number of nitrogens with zero attached hydrogens (tertiary/aromatic N) is 1. The summed E-state index contributed by atoms with van der Waals surface area (Å²) >= 11 is 1.83. The number of carbonyl (C=O) groups is 1. The zero-order valence-corrected chi connectivity index (χ0v) is 19.8. The third-order valence-corrected chi connectivity index (χ3v) is 6.10. The third-order valence-electron chi connectivity index (χ3n) is 5.33. The van der Waals surface area contributed by atoms with Gasteiger partial charge in [-0.1, -0.05) is 58.3 Å². The minimum Gasteiger partial charge on any atom is -0.463 e. The number of rotatable bonds is 13. The second kappa shape index (κ2) is 13.3. The maximum Gasteiger partial charge on any atom is 0.330 e. The molecule has 2 rings (SSSR count). The Labute approximate surface area is 190 Å². The van der Waals surface area contributed by atoms with Gasteiger partial charge in [0.2, 0.25) is 0 Å². The lowest BCUT2D eigenvalue weighted by Gasteiger charge is -2.16. The first-order valence-corrected chi connectivity index (χ1v) is 12.0. The molecular formula is C21H33IN2O6. The molecule has 1 aliphatic rings. The molecular weight excluding hydrogens is 503 g/mol. The number of hydrogen-bond acceptors (Lipinski definition) is 6. The van der Waals surface area contributed by atoms with Gasteiger partial charge in [0.1, 0.15) is 18.9 Å². The van der Waals surface area contributed by atoms with Crippen LogP contribution in [0.15, 0.2) is 15.8 Å². The van der Waals surface area contributed by atoms with Crippen molar-refractivity contribution < 1.29 is 19.4 Å². The Hall–Kier alpha value is -1.20. The molecule has 1 aliphatic heterocycles. The number of aliphatic hydroxyl groups is 1. The molecule has 170 valence electrons. The van der Waals surface area contributed by atoms with Crippen LogP contribution in [0, 0.1) is 3.57 Å². The Morgan fingerprint density at radius 1 is 1.20 bits per heavy atom. The zero-order chi connectivity index (χ0) is 21.9. The smallest absolute Gasteiger partial charge is 0.330 e. The van der Waals surface area contributed by atoms with E-state index in [1.165, 1.54) is 49.3 Å². The highest BCUT2D eigenvalue weighted by Gasteiger charge is 2.36. The Kier molecular flexibility index (Phi) is 11.1. The van der Waals surface area contributed by atoms with Crippen molar-refractivity contribution in [2.45, 2.75) is 96.0 Å². The summed E-state index contributed by atoms with van der Waals surface area (Å²) in [6.07, 6.45) is 10.3. The zero-order valence-electron chi connectivity index (χ0n) is 17.6. The molecule has 3 atom stereocenters. The third kappa shape index (κ3) is 8.14. The van der Waals surface area contributed by atoms with Gasteiger partial charge in [0, 0.05) is 19.0 Å². The fourth-order valence-electron chi connectivity index (χ4n) is 3.54. The van der Waals surface area contributed by atoms with Gasteiger partial charge < -0.3 is 14.6 Å². The van der Waals surface area contributed by atoms with Crippen LogP contribution < -0.4 is 11.2 Å². The van der Waals surface area contributed by atoms with Crippen LogP contribution >= 0.6 is 22.6 Å². The van der Waals surface area contributed by atoms with Gasteiger partial charge in [-0.05, 0) is 29.0 Å². The molecule has 1 fully saturated rings. The molecule has 1 aromatic heterocycles. The van der Waals surface area contributed by atoms with Crippen molar-refractivity contribution >= 4 is 28.6 Å². The molecule has 8 nitrogen and oxygen atoms in total. The van der Waals surface area contributed by atoms with Gasteiger partial charge in [0.15, 0.2) is 0 Å². The van der Waals surface area contributed by atoms with Crippen LogP contribution in [0.25, 0.3) is 0 Å². The Morgan fingerprint density at radius 2 is 1.83 bits per heavy atom. The lowest BCUT2D eigenvalue weighted by atomic mass is 10.1. The summed E-state index contributed by atoms with van der Waals surface area (Å²) in [4.78, 5) is 37.6. The predicted octanol–water partition coefficient (Wildman–Crippen LogP) is 3.25. The van der Waals surface area contributed by atoms with Crippen molar-refractivity contribution in [3.63, 3.8) is 0 Å². The van der Waals surface area contributed by atoms with Gasteiger partial charge in [0.05, 0.1) is 9.67 Å². The first-order chi connectivity index (χ1) is 14.4. The Bertz CT molecular complexity index is 777. The summed E-state index contributed by atoms with van der Waals surface area (Å²) in [6, 6.07) is 0. The van der Waals surface area contributed by atoms with Crippen molar-refractivity contribution in [2.24, 2.45) is 0 Å². The highest BCUT2D eigenvalue weighted by Crippen LogP contribution is 2.28. The molecule has 0 unspecified atom stereocenters. The Morgan fingerprint density at radius 3 is 2.50 bits per heavy atom. The Balaban J connectivity index is 1.64. The number of aromatic nitrogens is 2. The second-order valence-electron chi connectivity index (χ2n) is 7.84. The van der Waals surface area contributed by atoms with E-state index in [1.807, 2.05) is 22.6 Å². The van der Waals surface area contributed by atoms with Crippen LogP contribution in [-0.4, -0.2) is 39.4 Å².